The molecule has 0 radical (unpaired) electrons. The number of carbonyl (C=O) groups excluding carboxylic acids is 1. The highest BCUT2D eigenvalue weighted by atomic mass is 16.6. The zero-order valence-corrected chi connectivity index (χ0v) is 11.2. The Morgan fingerprint density at radius 2 is 1.88 bits per heavy atom. The van der Waals surface area contributed by atoms with Gasteiger partial charge in [0, 0.05) is 0 Å². The van der Waals surface area contributed by atoms with Crippen LogP contribution in [0.5, 0.6) is 0 Å². The van der Waals surface area contributed by atoms with Crippen LogP contribution in [0, 0.1) is 5.92 Å². The largest absolute Gasteiger partial charge is 0.501 e. The third kappa shape index (κ3) is 7.03. The first-order chi connectivity index (χ1) is 7.97. The van der Waals surface area contributed by atoms with Crippen molar-refractivity contribution in [2.24, 2.45) is 5.92 Å². The Balaban J connectivity index is 2.14. The summed E-state index contributed by atoms with van der Waals surface area (Å²) >= 11 is 0. The first-order valence-corrected chi connectivity index (χ1v) is 6.48. The third-order valence-electron chi connectivity index (χ3n) is 2.76. The zero-order valence-electron chi connectivity index (χ0n) is 11.2. The first-order valence-electron chi connectivity index (χ1n) is 6.48. The molecule has 0 unspecified atom stereocenters. The van der Waals surface area contributed by atoms with Crippen LogP contribution >= 0.6 is 0 Å². The summed E-state index contributed by atoms with van der Waals surface area (Å²) in [6, 6.07) is 0. The van der Waals surface area contributed by atoms with Gasteiger partial charge in [0.2, 0.25) is 0 Å². The van der Waals surface area contributed by atoms with Gasteiger partial charge < -0.3 is 9.47 Å². The van der Waals surface area contributed by atoms with Gasteiger partial charge in [0.1, 0.15) is 5.60 Å². The van der Waals surface area contributed by atoms with Crippen LogP contribution in [0.2, 0.25) is 0 Å². The summed E-state index contributed by atoms with van der Waals surface area (Å²) in [5, 5.41) is 0. The third-order valence-corrected chi connectivity index (χ3v) is 2.76. The lowest BCUT2D eigenvalue weighted by Gasteiger charge is -2.20. The minimum Gasteiger partial charge on any atom is -0.501 e. The first kappa shape index (κ1) is 14.1. The molecular formula is C14H24O3. The minimum atomic E-state index is -0.440. The van der Waals surface area contributed by atoms with Gasteiger partial charge in [-0.1, -0.05) is 19.3 Å². The van der Waals surface area contributed by atoms with E-state index in [4.69, 9.17) is 9.47 Å². The summed E-state index contributed by atoms with van der Waals surface area (Å²) in [5.74, 6) is 0.313. The molecule has 1 aliphatic carbocycles. The van der Waals surface area contributed by atoms with E-state index in [1.54, 1.807) is 0 Å². The molecule has 0 bridgehead atoms. The van der Waals surface area contributed by atoms with Crippen LogP contribution in [0.3, 0.4) is 0 Å². The van der Waals surface area contributed by atoms with Gasteiger partial charge in [-0.05, 0) is 39.5 Å². The van der Waals surface area contributed by atoms with Gasteiger partial charge in [-0.2, -0.15) is 0 Å². The Hall–Kier alpha value is -0.990. The van der Waals surface area contributed by atoms with Crippen LogP contribution in [0.1, 0.15) is 52.9 Å². The normalized spacial score (nSPS) is 18.3. The van der Waals surface area contributed by atoms with Crippen LogP contribution in [-0.4, -0.2) is 18.2 Å². The van der Waals surface area contributed by atoms with E-state index in [2.05, 4.69) is 0 Å². The van der Waals surface area contributed by atoms with E-state index >= 15 is 0 Å². The predicted octanol–water partition coefficient (Wildman–Crippen LogP) is 3.44. The molecule has 1 rings (SSSR count). The summed E-state index contributed by atoms with van der Waals surface area (Å²) < 4.78 is 10.5. The summed E-state index contributed by atoms with van der Waals surface area (Å²) in [6.07, 6.45) is 9.29. The Labute approximate surface area is 104 Å². The van der Waals surface area contributed by atoms with Crippen molar-refractivity contribution in [2.45, 2.75) is 58.5 Å². The molecule has 0 spiro atoms. The van der Waals surface area contributed by atoms with Crippen molar-refractivity contribution in [1.82, 2.24) is 0 Å². The number of carbonyl (C=O) groups is 1. The minimum absolute atomic E-state index is 0.346. The predicted molar refractivity (Wildman–Crippen MR) is 67.5 cm³/mol. The summed E-state index contributed by atoms with van der Waals surface area (Å²) in [5.41, 5.74) is -0.440. The van der Waals surface area contributed by atoms with Crippen molar-refractivity contribution < 1.29 is 14.3 Å². The Bertz CT molecular complexity index is 257. The molecule has 0 aliphatic heterocycles. The van der Waals surface area contributed by atoms with E-state index < -0.39 is 5.60 Å². The Kier molecular flexibility index (Phi) is 5.52. The van der Waals surface area contributed by atoms with Crippen molar-refractivity contribution in [2.75, 3.05) is 6.61 Å². The lowest BCUT2D eigenvalue weighted by Crippen LogP contribution is -2.22. The molecule has 0 aromatic heterocycles. The fourth-order valence-electron chi connectivity index (χ4n) is 1.98. The van der Waals surface area contributed by atoms with Crippen LogP contribution in [0.15, 0.2) is 12.3 Å². The molecule has 1 saturated carbocycles. The second-order valence-electron chi connectivity index (χ2n) is 5.67. The van der Waals surface area contributed by atoms with Crippen molar-refractivity contribution >= 4 is 5.97 Å². The highest BCUT2D eigenvalue weighted by Gasteiger charge is 2.15. The molecule has 0 atom stereocenters. The van der Waals surface area contributed by atoms with E-state index in [1.807, 2.05) is 20.8 Å². The van der Waals surface area contributed by atoms with Crippen molar-refractivity contribution in [3.63, 3.8) is 0 Å². The van der Waals surface area contributed by atoms with Gasteiger partial charge in [0.15, 0.2) is 0 Å². The topological polar surface area (TPSA) is 35.5 Å². The second-order valence-corrected chi connectivity index (χ2v) is 5.67. The van der Waals surface area contributed by atoms with Gasteiger partial charge in [-0.15, -0.1) is 0 Å². The average molecular weight is 240 g/mol. The van der Waals surface area contributed by atoms with Crippen molar-refractivity contribution in [3.05, 3.63) is 12.3 Å². The van der Waals surface area contributed by atoms with E-state index in [0.29, 0.717) is 5.92 Å². The molecule has 0 N–H and O–H groups in total. The van der Waals surface area contributed by atoms with Crippen LogP contribution in [0.4, 0.5) is 0 Å². The molecule has 3 nitrogen and oxygen atoms in total. The molecular weight excluding hydrogens is 216 g/mol. The highest BCUT2D eigenvalue weighted by Crippen LogP contribution is 2.23. The summed E-state index contributed by atoms with van der Waals surface area (Å²) in [7, 11) is 0. The maximum absolute atomic E-state index is 11.3. The molecule has 0 aromatic carbocycles. The lowest BCUT2D eigenvalue weighted by atomic mass is 9.90. The summed E-state index contributed by atoms with van der Waals surface area (Å²) in [4.78, 5) is 11.3. The fourth-order valence-corrected chi connectivity index (χ4v) is 1.98. The number of ether oxygens (including phenoxy) is 2. The smallest absolute Gasteiger partial charge is 0.334 e. The highest BCUT2D eigenvalue weighted by molar-refractivity contribution is 5.81. The molecule has 0 aromatic rings. The van der Waals surface area contributed by atoms with E-state index in [9.17, 15) is 4.79 Å². The van der Waals surface area contributed by atoms with Crippen LogP contribution in [-0.2, 0) is 14.3 Å². The van der Waals surface area contributed by atoms with Crippen LogP contribution in [0.25, 0.3) is 0 Å². The molecule has 17 heavy (non-hydrogen) atoms. The monoisotopic (exact) mass is 240 g/mol. The van der Waals surface area contributed by atoms with E-state index in [1.165, 1.54) is 44.4 Å². The molecule has 3 heteroatoms. The SMILES string of the molecule is CC(C)(C)OC(=O)/C=C/OCC1CCCCC1. The zero-order chi connectivity index (χ0) is 12.7. The average Bonchev–Trinajstić information content (AvgIpc) is 2.23. The number of hydrogen-bond acceptors (Lipinski definition) is 3. The Morgan fingerprint density at radius 3 is 2.47 bits per heavy atom. The molecule has 0 amide bonds. The summed E-state index contributed by atoms with van der Waals surface area (Å²) in [6.45, 7) is 6.27. The van der Waals surface area contributed by atoms with Gasteiger partial charge in [-0.25, -0.2) is 4.79 Å². The number of rotatable bonds is 4. The van der Waals surface area contributed by atoms with E-state index in [-0.39, 0.29) is 5.97 Å². The molecule has 1 aliphatic rings. The maximum Gasteiger partial charge on any atom is 0.334 e. The Morgan fingerprint density at radius 1 is 1.24 bits per heavy atom. The molecule has 0 heterocycles. The van der Waals surface area contributed by atoms with Gasteiger partial charge >= 0.3 is 5.97 Å². The maximum atomic E-state index is 11.3. The van der Waals surface area contributed by atoms with Crippen molar-refractivity contribution in [3.8, 4) is 0 Å². The number of hydrogen-bond donors (Lipinski definition) is 0. The quantitative estimate of drug-likeness (QED) is 0.429. The standard InChI is InChI=1S/C14H24O3/c1-14(2,3)17-13(15)9-10-16-11-12-7-5-4-6-8-12/h9-10,12H,4-8,11H2,1-3H3/b10-9+. The molecule has 0 saturated heterocycles. The number of esters is 1. The second kappa shape index (κ2) is 6.67. The van der Waals surface area contributed by atoms with Gasteiger partial charge in [0.25, 0.3) is 0 Å². The van der Waals surface area contributed by atoms with Gasteiger partial charge in [-0.3, -0.25) is 0 Å². The molecule has 98 valence electrons. The lowest BCUT2D eigenvalue weighted by molar-refractivity contribution is -0.148. The molecule has 1 fully saturated rings. The van der Waals surface area contributed by atoms with E-state index in [0.717, 1.165) is 6.61 Å². The van der Waals surface area contributed by atoms with Crippen LogP contribution < -0.4 is 0 Å². The van der Waals surface area contributed by atoms with Crippen molar-refractivity contribution in [1.29, 1.82) is 0 Å². The van der Waals surface area contributed by atoms with Gasteiger partial charge in [0.05, 0.1) is 18.9 Å². The fraction of sp³-hybridized carbons (Fsp3) is 0.786.